The number of hydrogen-bond acceptors (Lipinski definition) is 5. The summed E-state index contributed by atoms with van der Waals surface area (Å²) in [5.74, 6) is 0.0949. The molecule has 5 rings (SSSR count). The van der Waals surface area contributed by atoms with E-state index in [9.17, 15) is 14.0 Å². The average Bonchev–Trinajstić information content (AvgIpc) is 2.95. The van der Waals surface area contributed by atoms with Gasteiger partial charge in [0.25, 0.3) is 11.5 Å². The van der Waals surface area contributed by atoms with Gasteiger partial charge in [0.05, 0.1) is 21.6 Å². The van der Waals surface area contributed by atoms with Crippen molar-refractivity contribution >= 4 is 38.8 Å². The lowest BCUT2D eigenvalue weighted by Gasteiger charge is -2.30. The highest BCUT2D eigenvalue weighted by molar-refractivity contribution is 7.20. The zero-order valence-corrected chi connectivity index (χ0v) is 19.1. The van der Waals surface area contributed by atoms with Crippen molar-refractivity contribution in [2.75, 3.05) is 23.3 Å². The number of benzene rings is 1. The van der Waals surface area contributed by atoms with Crippen LogP contribution in [0.1, 0.15) is 59.6 Å². The summed E-state index contributed by atoms with van der Waals surface area (Å²) in [4.78, 5) is 34.5. The van der Waals surface area contributed by atoms with Crippen LogP contribution in [0.2, 0.25) is 0 Å². The number of anilines is 2. The van der Waals surface area contributed by atoms with Crippen molar-refractivity contribution in [1.29, 1.82) is 0 Å². The van der Waals surface area contributed by atoms with Crippen molar-refractivity contribution in [3.8, 4) is 0 Å². The molecule has 0 atom stereocenters. The molecule has 1 fully saturated rings. The molecule has 2 aromatic heterocycles. The van der Waals surface area contributed by atoms with Gasteiger partial charge in [-0.05, 0) is 62.8 Å². The molecule has 0 spiro atoms. The monoisotopic (exact) mass is 454 g/mol. The zero-order chi connectivity index (χ0) is 22.2. The molecule has 6 nitrogen and oxygen atoms in total. The van der Waals surface area contributed by atoms with Crippen molar-refractivity contribution in [3.63, 3.8) is 0 Å². The Balaban J connectivity index is 1.51. The van der Waals surface area contributed by atoms with Gasteiger partial charge in [-0.15, -0.1) is 11.3 Å². The molecule has 0 unspecified atom stereocenters. The third kappa shape index (κ3) is 3.81. The van der Waals surface area contributed by atoms with Gasteiger partial charge in [-0.25, -0.2) is 9.37 Å². The minimum atomic E-state index is -0.391. The number of piperidine rings is 1. The molecule has 2 aliphatic rings. The van der Waals surface area contributed by atoms with E-state index in [0.717, 1.165) is 63.1 Å². The fourth-order valence-corrected chi connectivity index (χ4v) is 5.91. The van der Waals surface area contributed by atoms with Crippen LogP contribution in [-0.2, 0) is 13.0 Å². The van der Waals surface area contributed by atoms with Crippen LogP contribution in [0.5, 0.6) is 0 Å². The topological polar surface area (TPSA) is 67.2 Å². The number of nitrogens with zero attached hydrogens (tertiary/aromatic N) is 3. The molecule has 1 aromatic carbocycles. The lowest BCUT2D eigenvalue weighted by molar-refractivity contribution is 0.103. The van der Waals surface area contributed by atoms with Crippen molar-refractivity contribution in [1.82, 2.24) is 9.55 Å². The fraction of sp³-hybridized carbons (Fsp3) is 0.458. The Kier molecular flexibility index (Phi) is 5.71. The minimum absolute atomic E-state index is 0.0561. The summed E-state index contributed by atoms with van der Waals surface area (Å²) < 4.78 is 15.8. The van der Waals surface area contributed by atoms with E-state index in [2.05, 4.69) is 10.2 Å². The average molecular weight is 455 g/mol. The van der Waals surface area contributed by atoms with E-state index in [1.54, 1.807) is 17.6 Å². The van der Waals surface area contributed by atoms with Gasteiger partial charge in [0.2, 0.25) is 0 Å². The van der Waals surface area contributed by atoms with E-state index in [-0.39, 0.29) is 11.5 Å². The van der Waals surface area contributed by atoms with Gasteiger partial charge in [0.1, 0.15) is 16.5 Å². The van der Waals surface area contributed by atoms with Crippen molar-refractivity contribution in [3.05, 3.63) is 50.6 Å². The third-order valence-electron chi connectivity index (χ3n) is 6.52. The van der Waals surface area contributed by atoms with Gasteiger partial charge in [0.15, 0.2) is 0 Å². The first kappa shape index (κ1) is 21.1. The Labute approximate surface area is 190 Å². The number of rotatable bonds is 3. The summed E-state index contributed by atoms with van der Waals surface area (Å²) in [6.07, 6.45) is 7.22. The largest absolute Gasteiger partial charge is 0.370 e. The molecule has 1 N–H and O–H groups in total. The van der Waals surface area contributed by atoms with E-state index in [0.29, 0.717) is 32.9 Å². The van der Waals surface area contributed by atoms with E-state index in [1.807, 2.05) is 0 Å². The minimum Gasteiger partial charge on any atom is -0.370 e. The molecular formula is C24H27FN4O2S. The van der Waals surface area contributed by atoms with Crippen LogP contribution < -0.4 is 15.8 Å². The molecule has 4 heterocycles. The summed E-state index contributed by atoms with van der Waals surface area (Å²) in [5.41, 5.74) is 1.90. The molecule has 0 saturated carbocycles. The standard InChI is InChI=1S/C24H27FN4O2S/c1-15-20-23(27-19-8-4-2-7-13-29(19)24(20)31)32-21(15)22(30)26-17-14-16(25)9-10-18(17)28-11-5-3-6-12-28/h9-10,14H,2-8,11-13H2,1H3,(H,26,30). The number of aromatic nitrogens is 2. The van der Waals surface area contributed by atoms with E-state index < -0.39 is 5.82 Å². The van der Waals surface area contributed by atoms with Gasteiger partial charge in [0, 0.05) is 26.1 Å². The van der Waals surface area contributed by atoms with Crippen LogP contribution in [0.15, 0.2) is 23.0 Å². The molecule has 0 radical (unpaired) electrons. The number of aryl methyl sites for hydroxylation is 2. The van der Waals surface area contributed by atoms with Gasteiger partial charge in [-0.3, -0.25) is 14.2 Å². The molecule has 2 aliphatic heterocycles. The Morgan fingerprint density at radius 2 is 1.84 bits per heavy atom. The summed E-state index contributed by atoms with van der Waals surface area (Å²) in [6.45, 7) is 4.26. The number of carbonyl (C=O) groups excluding carboxylic acids is 1. The maximum atomic E-state index is 14.1. The molecule has 3 aromatic rings. The molecule has 1 amide bonds. The highest BCUT2D eigenvalue weighted by Gasteiger charge is 2.24. The van der Waals surface area contributed by atoms with Gasteiger partial charge in [-0.1, -0.05) is 6.42 Å². The Morgan fingerprint density at radius 1 is 1.09 bits per heavy atom. The van der Waals surface area contributed by atoms with Crippen LogP contribution in [-0.4, -0.2) is 28.5 Å². The van der Waals surface area contributed by atoms with Crippen LogP contribution in [0.4, 0.5) is 15.8 Å². The van der Waals surface area contributed by atoms with Crippen LogP contribution >= 0.6 is 11.3 Å². The Morgan fingerprint density at radius 3 is 2.66 bits per heavy atom. The lowest BCUT2D eigenvalue weighted by Crippen LogP contribution is -2.30. The molecular weight excluding hydrogens is 427 g/mol. The van der Waals surface area contributed by atoms with E-state index in [1.165, 1.54) is 29.9 Å². The second-order valence-electron chi connectivity index (χ2n) is 8.70. The molecule has 1 saturated heterocycles. The van der Waals surface area contributed by atoms with Gasteiger partial charge < -0.3 is 10.2 Å². The first-order chi connectivity index (χ1) is 15.5. The zero-order valence-electron chi connectivity index (χ0n) is 18.2. The summed E-state index contributed by atoms with van der Waals surface area (Å²) in [6, 6.07) is 4.54. The second-order valence-corrected chi connectivity index (χ2v) is 9.69. The van der Waals surface area contributed by atoms with Crippen LogP contribution in [0.3, 0.4) is 0 Å². The van der Waals surface area contributed by atoms with E-state index >= 15 is 0 Å². The van der Waals surface area contributed by atoms with Crippen LogP contribution in [0, 0.1) is 12.7 Å². The SMILES string of the molecule is Cc1c(C(=O)Nc2cc(F)ccc2N2CCCCC2)sc2nc3n(c(=O)c12)CCCCC3. The number of hydrogen-bond donors (Lipinski definition) is 1. The Hall–Kier alpha value is -2.74. The summed E-state index contributed by atoms with van der Waals surface area (Å²) in [7, 11) is 0. The van der Waals surface area contributed by atoms with E-state index in [4.69, 9.17) is 4.98 Å². The number of fused-ring (bicyclic) bond motifs is 2. The van der Waals surface area contributed by atoms with Crippen LogP contribution in [0.25, 0.3) is 10.2 Å². The smallest absolute Gasteiger partial charge is 0.266 e. The highest BCUT2D eigenvalue weighted by atomic mass is 32.1. The summed E-state index contributed by atoms with van der Waals surface area (Å²) >= 11 is 1.25. The van der Waals surface area contributed by atoms with Crippen molar-refractivity contribution < 1.29 is 9.18 Å². The highest BCUT2D eigenvalue weighted by Crippen LogP contribution is 2.32. The fourth-order valence-electron chi connectivity index (χ4n) is 4.82. The number of thiophene rings is 1. The molecule has 32 heavy (non-hydrogen) atoms. The number of nitrogens with one attached hydrogen (secondary N) is 1. The van der Waals surface area contributed by atoms with Crippen molar-refractivity contribution in [2.45, 2.75) is 58.4 Å². The maximum Gasteiger partial charge on any atom is 0.266 e. The molecule has 168 valence electrons. The maximum absolute atomic E-state index is 14.1. The van der Waals surface area contributed by atoms with Gasteiger partial charge in [-0.2, -0.15) is 0 Å². The number of amides is 1. The first-order valence-corrected chi connectivity index (χ1v) is 12.2. The van der Waals surface area contributed by atoms with Gasteiger partial charge >= 0.3 is 0 Å². The lowest BCUT2D eigenvalue weighted by atomic mass is 10.1. The quantitative estimate of drug-likeness (QED) is 0.613. The molecule has 8 heteroatoms. The third-order valence-corrected chi connectivity index (χ3v) is 7.71. The van der Waals surface area contributed by atoms with Crippen molar-refractivity contribution in [2.24, 2.45) is 0 Å². The normalized spacial score (nSPS) is 16.6. The Bertz CT molecular complexity index is 1240. The first-order valence-electron chi connectivity index (χ1n) is 11.4. The second kappa shape index (κ2) is 8.65. The predicted molar refractivity (Wildman–Crippen MR) is 127 cm³/mol. The number of halogens is 1. The predicted octanol–water partition coefficient (Wildman–Crippen LogP) is 4.87. The summed E-state index contributed by atoms with van der Waals surface area (Å²) in [5, 5.41) is 3.45. The molecule has 0 aliphatic carbocycles. The number of carbonyl (C=O) groups is 1. The molecule has 0 bridgehead atoms.